The lowest BCUT2D eigenvalue weighted by Crippen LogP contribution is -2.55. The highest BCUT2D eigenvalue weighted by atomic mass is 16.5. The number of rotatable bonds is 4. The van der Waals surface area contributed by atoms with Gasteiger partial charge in [-0.05, 0) is 26.7 Å². The van der Waals surface area contributed by atoms with Gasteiger partial charge in [0.2, 0.25) is 5.91 Å². The fraction of sp³-hybridized carbons (Fsp3) is 0.867. The Morgan fingerprint density at radius 3 is 2.48 bits per heavy atom. The molecule has 1 N–H and O–H groups in total. The summed E-state index contributed by atoms with van der Waals surface area (Å²) in [6.07, 6.45) is 1.83. The Kier molecular flexibility index (Phi) is 5.57. The molecule has 2 saturated heterocycles. The van der Waals surface area contributed by atoms with Crippen LogP contribution in [0.4, 0.5) is 0 Å². The van der Waals surface area contributed by atoms with Crippen LogP contribution in [0.3, 0.4) is 0 Å². The van der Waals surface area contributed by atoms with Crippen LogP contribution in [0, 0.1) is 11.3 Å². The molecule has 2 rings (SSSR count). The average molecular weight is 294 g/mol. The molecule has 0 spiro atoms. The van der Waals surface area contributed by atoms with Gasteiger partial charge < -0.3 is 10.1 Å². The van der Waals surface area contributed by atoms with Gasteiger partial charge in [0.25, 0.3) is 0 Å². The quantitative estimate of drug-likeness (QED) is 0.802. The molecule has 0 aromatic carbocycles. The number of ether oxygens (including phenoxy) is 1. The number of carbonyl (C=O) groups is 1. The molecule has 0 radical (unpaired) electrons. The molecule has 21 heavy (non-hydrogen) atoms. The molecular weight excluding hydrogens is 268 g/mol. The van der Waals surface area contributed by atoms with E-state index in [1.54, 1.807) is 0 Å². The number of carbonyl (C=O) groups excluding carboxylic acids is 1. The predicted molar refractivity (Wildman–Crippen MR) is 79.7 cm³/mol. The number of hydrogen-bond acceptors (Lipinski definition) is 5. The van der Waals surface area contributed by atoms with Crippen molar-refractivity contribution in [3.8, 4) is 6.07 Å². The Hall–Kier alpha value is -1.16. The van der Waals surface area contributed by atoms with Gasteiger partial charge in [-0.25, -0.2) is 0 Å². The van der Waals surface area contributed by atoms with Crippen LogP contribution in [-0.4, -0.2) is 73.2 Å². The molecule has 2 aliphatic heterocycles. The number of hydrogen-bond donors (Lipinski definition) is 1. The number of amides is 1. The van der Waals surface area contributed by atoms with Crippen LogP contribution in [0.5, 0.6) is 0 Å². The summed E-state index contributed by atoms with van der Waals surface area (Å²) in [5, 5.41) is 12.3. The second kappa shape index (κ2) is 7.21. The van der Waals surface area contributed by atoms with E-state index in [1.165, 1.54) is 0 Å². The largest absolute Gasteiger partial charge is 0.381 e. The van der Waals surface area contributed by atoms with Crippen molar-refractivity contribution in [3.63, 3.8) is 0 Å². The van der Waals surface area contributed by atoms with Crippen LogP contribution in [0.1, 0.15) is 26.7 Å². The zero-order chi connectivity index (χ0) is 15.3. The van der Waals surface area contributed by atoms with E-state index in [0.29, 0.717) is 6.54 Å². The molecule has 2 heterocycles. The number of nitrogens with one attached hydrogen (secondary N) is 1. The first kappa shape index (κ1) is 16.2. The molecule has 0 atom stereocenters. The minimum atomic E-state index is -0.420. The minimum absolute atomic E-state index is 0.106. The highest BCUT2D eigenvalue weighted by molar-refractivity contribution is 5.78. The van der Waals surface area contributed by atoms with E-state index in [-0.39, 0.29) is 11.9 Å². The van der Waals surface area contributed by atoms with Gasteiger partial charge in [0.15, 0.2) is 0 Å². The molecule has 0 unspecified atom stereocenters. The molecule has 1 amide bonds. The van der Waals surface area contributed by atoms with Crippen LogP contribution in [0.15, 0.2) is 0 Å². The third-order valence-electron chi connectivity index (χ3n) is 4.39. The van der Waals surface area contributed by atoms with E-state index in [9.17, 15) is 4.79 Å². The van der Waals surface area contributed by atoms with E-state index >= 15 is 0 Å². The van der Waals surface area contributed by atoms with Crippen molar-refractivity contribution in [1.29, 1.82) is 5.26 Å². The Labute approximate surface area is 127 Å². The normalized spacial score (nSPS) is 22.7. The summed E-state index contributed by atoms with van der Waals surface area (Å²) < 4.78 is 5.29. The van der Waals surface area contributed by atoms with Gasteiger partial charge in [-0.15, -0.1) is 0 Å². The maximum absolute atomic E-state index is 12.1. The van der Waals surface area contributed by atoms with Crippen LogP contribution in [0.2, 0.25) is 0 Å². The highest BCUT2D eigenvalue weighted by Gasteiger charge is 2.30. The molecule has 6 heteroatoms. The standard InChI is InChI=1S/C15H26N4O2/c1-15(2,12-16)19-7-5-18(6-8-19)11-14(20)17-13-3-9-21-10-4-13/h13H,3-11H2,1-2H3,(H,17,20). The first-order valence-electron chi connectivity index (χ1n) is 7.77. The Balaban J connectivity index is 1.70. The van der Waals surface area contributed by atoms with Crippen molar-refractivity contribution < 1.29 is 9.53 Å². The van der Waals surface area contributed by atoms with Gasteiger partial charge in [0.05, 0.1) is 12.6 Å². The summed E-state index contributed by atoms with van der Waals surface area (Å²) in [6, 6.07) is 2.61. The van der Waals surface area contributed by atoms with Gasteiger partial charge >= 0.3 is 0 Å². The Morgan fingerprint density at radius 1 is 1.29 bits per heavy atom. The van der Waals surface area contributed by atoms with E-state index in [4.69, 9.17) is 10.00 Å². The maximum atomic E-state index is 12.1. The van der Waals surface area contributed by atoms with Crippen LogP contribution >= 0.6 is 0 Å². The third kappa shape index (κ3) is 4.67. The fourth-order valence-corrected chi connectivity index (χ4v) is 2.85. The highest BCUT2D eigenvalue weighted by Crippen LogP contribution is 2.15. The topological polar surface area (TPSA) is 68.6 Å². The van der Waals surface area contributed by atoms with Gasteiger partial charge in [-0.1, -0.05) is 0 Å². The number of nitrogens with zero attached hydrogens (tertiary/aromatic N) is 3. The molecule has 0 aromatic heterocycles. The van der Waals surface area contributed by atoms with E-state index in [2.05, 4.69) is 21.2 Å². The summed E-state index contributed by atoms with van der Waals surface area (Å²) >= 11 is 0. The van der Waals surface area contributed by atoms with Crippen molar-refractivity contribution >= 4 is 5.91 Å². The van der Waals surface area contributed by atoms with Crippen LogP contribution in [-0.2, 0) is 9.53 Å². The molecule has 118 valence electrons. The third-order valence-corrected chi connectivity index (χ3v) is 4.39. The summed E-state index contributed by atoms with van der Waals surface area (Å²) in [5.74, 6) is 0.106. The summed E-state index contributed by atoms with van der Waals surface area (Å²) in [7, 11) is 0. The van der Waals surface area contributed by atoms with Crippen molar-refractivity contribution in [3.05, 3.63) is 0 Å². The van der Waals surface area contributed by atoms with Gasteiger partial charge in [0.1, 0.15) is 5.54 Å². The summed E-state index contributed by atoms with van der Waals surface area (Å²) in [6.45, 7) is 9.19. The fourth-order valence-electron chi connectivity index (χ4n) is 2.85. The SMILES string of the molecule is CC(C)(C#N)N1CCN(CC(=O)NC2CCOCC2)CC1. The van der Waals surface area contributed by atoms with E-state index in [0.717, 1.165) is 52.2 Å². The van der Waals surface area contributed by atoms with Crippen molar-refractivity contribution in [1.82, 2.24) is 15.1 Å². The van der Waals surface area contributed by atoms with Crippen LogP contribution in [0.25, 0.3) is 0 Å². The molecule has 0 aliphatic carbocycles. The monoisotopic (exact) mass is 294 g/mol. The van der Waals surface area contributed by atoms with E-state index < -0.39 is 5.54 Å². The Morgan fingerprint density at radius 2 is 1.90 bits per heavy atom. The van der Waals surface area contributed by atoms with Gasteiger partial charge in [0, 0.05) is 45.4 Å². The lowest BCUT2D eigenvalue weighted by Gasteiger charge is -2.40. The van der Waals surface area contributed by atoms with Gasteiger partial charge in [-0.3, -0.25) is 14.6 Å². The van der Waals surface area contributed by atoms with Crippen molar-refractivity contribution in [2.24, 2.45) is 0 Å². The molecule has 6 nitrogen and oxygen atoms in total. The zero-order valence-electron chi connectivity index (χ0n) is 13.1. The summed E-state index contributed by atoms with van der Waals surface area (Å²) in [5.41, 5.74) is -0.420. The van der Waals surface area contributed by atoms with Crippen LogP contribution < -0.4 is 5.32 Å². The van der Waals surface area contributed by atoms with Crippen molar-refractivity contribution in [2.45, 2.75) is 38.3 Å². The predicted octanol–water partition coefficient (Wildman–Crippen LogP) is 0.201. The van der Waals surface area contributed by atoms with Gasteiger partial charge in [-0.2, -0.15) is 5.26 Å². The molecule has 0 saturated carbocycles. The summed E-state index contributed by atoms with van der Waals surface area (Å²) in [4.78, 5) is 16.4. The minimum Gasteiger partial charge on any atom is -0.381 e. The number of nitriles is 1. The molecule has 0 aromatic rings. The smallest absolute Gasteiger partial charge is 0.234 e. The first-order valence-corrected chi connectivity index (χ1v) is 7.77. The second-order valence-electron chi connectivity index (χ2n) is 6.39. The average Bonchev–Trinajstić information content (AvgIpc) is 2.48. The lowest BCUT2D eigenvalue weighted by atomic mass is 10.0. The van der Waals surface area contributed by atoms with Crippen molar-refractivity contribution in [2.75, 3.05) is 45.9 Å². The molecule has 2 aliphatic rings. The molecule has 0 bridgehead atoms. The number of piperazine rings is 1. The lowest BCUT2D eigenvalue weighted by molar-refractivity contribution is -0.124. The maximum Gasteiger partial charge on any atom is 0.234 e. The molecular formula is C15H26N4O2. The first-order chi connectivity index (χ1) is 10.0. The van der Waals surface area contributed by atoms with E-state index in [1.807, 2.05) is 13.8 Å². The molecule has 2 fully saturated rings. The second-order valence-corrected chi connectivity index (χ2v) is 6.39. The zero-order valence-corrected chi connectivity index (χ0v) is 13.1. The Bertz CT molecular complexity index is 391.